The maximum absolute atomic E-state index is 11.6. The van der Waals surface area contributed by atoms with Crippen molar-refractivity contribution in [2.75, 3.05) is 13.2 Å². The fourth-order valence-electron chi connectivity index (χ4n) is 3.29. The van der Waals surface area contributed by atoms with Crippen LogP contribution < -0.4 is 10.1 Å². The zero-order valence-corrected chi connectivity index (χ0v) is 17.5. The topological polar surface area (TPSA) is 56.2 Å². The lowest BCUT2D eigenvalue weighted by Crippen LogP contribution is -2.25. The van der Waals surface area contributed by atoms with Gasteiger partial charge in [-0.1, -0.05) is 30.8 Å². The van der Waals surface area contributed by atoms with Crippen molar-refractivity contribution in [3.63, 3.8) is 0 Å². The largest absolute Gasteiger partial charge is 0.491 e. The number of carbonyl (C=O) groups excluding carboxylic acids is 1. The number of nitrogens with one attached hydrogen (secondary N) is 1. The van der Waals surface area contributed by atoms with Crippen LogP contribution in [0.3, 0.4) is 0 Å². The van der Waals surface area contributed by atoms with Crippen molar-refractivity contribution < 1.29 is 9.53 Å². The van der Waals surface area contributed by atoms with E-state index in [1.165, 1.54) is 11.1 Å². The fourth-order valence-corrected chi connectivity index (χ4v) is 3.29. The van der Waals surface area contributed by atoms with Crippen LogP contribution in [0.1, 0.15) is 30.3 Å². The third-order valence-corrected chi connectivity index (χ3v) is 5.11. The number of imidazole rings is 1. The third-order valence-electron chi connectivity index (χ3n) is 5.11. The van der Waals surface area contributed by atoms with Crippen molar-refractivity contribution in [3.8, 4) is 5.75 Å². The van der Waals surface area contributed by atoms with Gasteiger partial charge in [0.2, 0.25) is 5.91 Å². The molecule has 0 aliphatic rings. The zero-order chi connectivity index (χ0) is 20.8. The van der Waals surface area contributed by atoms with Gasteiger partial charge in [0.1, 0.15) is 18.2 Å². The molecule has 152 valence electrons. The maximum Gasteiger partial charge on any atom is 0.246 e. The first kappa shape index (κ1) is 20.6. The number of benzene rings is 2. The van der Waals surface area contributed by atoms with Gasteiger partial charge in [0, 0.05) is 18.5 Å². The molecule has 29 heavy (non-hydrogen) atoms. The minimum Gasteiger partial charge on any atom is -0.491 e. The van der Waals surface area contributed by atoms with Gasteiger partial charge >= 0.3 is 0 Å². The van der Waals surface area contributed by atoms with E-state index < -0.39 is 0 Å². The molecule has 0 radical (unpaired) electrons. The summed E-state index contributed by atoms with van der Waals surface area (Å²) in [5.74, 6) is 1.85. The lowest BCUT2D eigenvalue weighted by Gasteiger charge is -2.13. The van der Waals surface area contributed by atoms with Crippen LogP contribution in [0.25, 0.3) is 11.0 Å². The Hall–Kier alpha value is -3.08. The average Bonchev–Trinajstić information content (AvgIpc) is 3.06. The van der Waals surface area contributed by atoms with Crippen LogP contribution in [0.4, 0.5) is 0 Å². The van der Waals surface area contributed by atoms with Crippen molar-refractivity contribution in [2.24, 2.45) is 0 Å². The number of fused-ring (bicyclic) bond motifs is 1. The molecule has 0 aliphatic carbocycles. The summed E-state index contributed by atoms with van der Waals surface area (Å²) in [5, 5.41) is 2.88. The van der Waals surface area contributed by atoms with Gasteiger partial charge in [0.25, 0.3) is 0 Å². The summed E-state index contributed by atoms with van der Waals surface area (Å²) in [4.78, 5) is 16.4. The first-order valence-electron chi connectivity index (χ1n) is 10.0. The molecule has 0 bridgehead atoms. The zero-order valence-electron chi connectivity index (χ0n) is 17.5. The van der Waals surface area contributed by atoms with Crippen molar-refractivity contribution in [1.29, 1.82) is 0 Å². The number of aryl methyl sites for hydroxylation is 2. The molecule has 1 amide bonds. The number of carbonyl (C=O) groups is 1. The van der Waals surface area contributed by atoms with E-state index in [0.29, 0.717) is 18.7 Å². The summed E-state index contributed by atoms with van der Waals surface area (Å²) in [6.45, 7) is 11.5. The summed E-state index contributed by atoms with van der Waals surface area (Å²) >= 11 is 0. The van der Waals surface area contributed by atoms with Gasteiger partial charge in [-0.2, -0.15) is 0 Å². The van der Waals surface area contributed by atoms with Gasteiger partial charge in [0.05, 0.1) is 17.6 Å². The second-order valence-corrected chi connectivity index (χ2v) is 7.35. The Bertz CT molecular complexity index is 1020. The van der Waals surface area contributed by atoms with E-state index >= 15 is 0 Å². The Morgan fingerprint density at radius 3 is 2.76 bits per heavy atom. The molecular weight excluding hydrogens is 362 g/mol. The van der Waals surface area contributed by atoms with Crippen LogP contribution >= 0.6 is 0 Å². The van der Waals surface area contributed by atoms with Gasteiger partial charge in [-0.15, -0.1) is 0 Å². The first-order valence-corrected chi connectivity index (χ1v) is 10.0. The third kappa shape index (κ3) is 5.05. The highest BCUT2D eigenvalue weighted by molar-refractivity contribution is 5.92. The molecule has 3 rings (SSSR count). The number of nitrogens with zero attached hydrogens (tertiary/aromatic N) is 2. The van der Waals surface area contributed by atoms with E-state index in [-0.39, 0.29) is 5.91 Å². The first-order chi connectivity index (χ1) is 14.0. The van der Waals surface area contributed by atoms with E-state index in [1.54, 1.807) is 6.92 Å². The smallest absolute Gasteiger partial charge is 0.246 e. The Kier molecular flexibility index (Phi) is 6.70. The standard InChI is InChI=1S/C24H29N3O2/c1-17(2)24(28)25-14-8-13-23-26-20-10-5-6-11-21(20)27(23)15-16-29-22-12-7-9-18(3)19(22)4/h5-7,9-12H,1,8,13-16H2,2-4H3,(H,25,28). The molecule has 3 aromatic rings. The van der Waals surface area contributed by atoms with Crippen LogP contribution in [-0.2, 0) is 17.8 Å². The number of hydrogen-bond acceptors (Lipinski definition) is 3. The molecule has 0 fully saturated rings. The molecule has 0 unspecified atom stereocenters. The van der Waals surface area contributed by atoms with Gasteiger partial charge in [0.15, 0.2) is 0 Å². The van der Waals surface area contributed by atoms with E-state index in [1.807, 2.05) is 30.3 Å². The summed E-state index contributed by atoms with van der Waals surface area (Å²) in [7, 11) is 0. The van der Waals surface area contributed by atoms with Crippen molar-refractivity contribution >= 4 is 16.9 Å². The highest BCUT2D eigenvalue weighted by Gasteiger charge is 2.11. The van der Waals surface area contributed by atoms with E-state index in [2.05, 4.69) is 42.4 Å². The van der Waals surface area contributed by atoms with Crippen LogP contribution in [0.15, 0.2) is 54.6 Å². The number of amides is 1. The van der Waals surface area contributed by atoms with Gasteiger partial charge in [-0.05, 0) is 56.5 Å². The maximum atomic E-state index is 11.6. The highest BCUT2D eigenvalue weighted by Crippen LogP contribution is 2.21. The molecule has 5 nitrogen and oxygen atoms in total. The van der Waals surface area contributed by atoms with Crippen LogP contribution in [0, 0.1) is 13.8 Å². The molecule has 1 N–H and O–H groups in total. The fraction of sp³-hybridized carbons (Fsp3) is 0.333. The molecule has 2 aromatic carbocycles. The molecule has 5 heteroatoms. The molecule has 0 saturated heterocycles. The minimum absolute atomic E-state index is 0.0968. The average molecular weight is 392 g/mol. The number of para-hydroxylation sites is 2. The molecule has 0 atom stereocenters. The quantitative estimate of drug-likeness (QED) is 0.436. The molecular formula is C24H29N3O2. The normalized spacial score (nSPS) is 10.9. The second kappa shape index (κ2) is 9.41. The highest BCUT2D eigenvalue weighted by atomic mass is 16.5. The summed E-state index contributed by atoms with van der Waals surface area (Å²) in [5.41, 5.74) is 5.03. The lowest BCUT2D eigenvalue weighted by atomic mass is 10.1. The van der Waals surface area contributed by atoms with Crippen LogP contribution in [0.5, 0.6) is 5.75 Å². The SMILES string of the molecule is C=C(C)C(=O)NCCCc1nc2ccccc2n1CCOc1cccc(C)c1C. The van der Waals surface area contributed by atoms with Gasteiger partial charge < -0.3 is 14.6 Å². The number of rotatable bonds is 9. The Morgan fingerprint density at radius 2 is 1.97 bits per heavy atom. The number of aromatic nitrogens is 2. The molecule has 0 aliphatic heterocycles. The Morgan fingerprint density at radius 1 is 1.17 bits per heavy atom. The van der Waals surface area contributed by atoms with Gasteiger partial charge in [-0.25, -0.2) is 4.98 Å². The number of hydrogen-bond donors (Lipinski definition) is 1. The Balaban J connectivity index is 1.67. The van der Waals surface area contributed by atoms with E-state index in [4.69, 9.17) is 9.72 Å². The molecule has 0 spiro atoms. The second-order valence-electron chi connectivity index (χ2n) is 7.35. The predicted octanol–water partition coefficient (Wildman–Crippen LogP) is 4.36. The molecule has 1 heterocycles. The van der Waals surface area contributed by atoms with Crippen molar-refractivity contribution in [1.82, 2.24) is 14.9 Å². The van der Waals surface area contributed by atoms with Crippen LogP contribution in [-0.4, -0.2) is 28.6 Å². The lowest BCUT2D eigenvalue weighted by molar-refractivity contribution is -0.117. The summed E-state index contributed by atoms with van der Waals surface area (Å²) < 4.78 is 8.29. The monoisotopic (exact) mass is 391 g/mol. The summed E-state index contributed by atoms with van der Waals surface area (Å²) in [6.07, 6.45) is 1.61. The van der Waals surface area contributed by atoms with E-state index in [9.17, 15) is 4.79 Å². The van der Waals surface area contributed by atoms with Crippen LogP contribution in [0.2, 0.25) is 0 Å². The van der Waals surface area contributed by atoms with Crippen molar-refractivity contribution in [3.05, 3.63) is 71.6 Å². The van der Waals surface area contributed by atoms with Gasteiger partial charge in [-0.3, -0.25) is 4.79 Å². The summed E-state index contributed by atoms with van der Waals surface area (Å²) in [6, 6.07) is 14.3. The minimum atomic E-state index is -0.0968. The number of ether oxygens (including phenoxy) is 1. The molecule has 1 aromatic heterocycles. The van der Waals surface area contributed by atoms with Crippen molar-refractivity contribution in [2.45, 2.75) is 40.2 Å². The predicted molar refractivity (Wildman–Crippen MR) is 117 cm³/mol. The van der Waals surface area contributed by atoms with E-state index in [0.717, 1.165) is 42.0 Å². The molecule has 0 saturated carbocycles. The Labute approximate surface area is 172 Å².